The zero-order chi connectivity index (χ0) is 19.3. The molecule has 0 atom stereocenters. The number of nitrogens with zero attached hydrogens (tertiary/aromatic N) is 1. The molecule has 0 spiro atoms. The molecule has 27 heavy (non-hydrogen) atoms. The number of carbonyl (C=O) groups excluding carboxylic acids is 1. The van der Waals surface area contributed by atoms with Crippen LogP contribution in [0.25, 0.3) is 0 Å². The number of allylic oxidation sites excluding steroid dienone is 2. The third-order valence-corrected chi connectivity index (χ3v) is 4.35. The van der Waals surface area contributed by atoms with E-state index in [-0.39, 0.29) is 10.6 Å². The van der Waals surface area contributed by atoms with Crippen LogP contribution in [0.5, 0.6) is 0 Å². The van der Waals surface area contributed by atoms with Crippen LogP contribution in [0.4, 0.5) is 4.70 Å². The largest absolute Gasteiger partial charge is 0.273 e. The van der Waals surface area contributed by atoms with E-state index in [0.717, 1.165) is 18.1 Å². The second kappa shape index (κ2) is 23.1. The van der Waals surface area contributed by atoms with Crippen molar-refractivity contribution in [1.29, 1.82) is 0 Å². The van der Waals surface area contributed by atoms with Gasteiger partial charge in [-0.1, -0.05) is 75.7 Å². The molecule has 0 unspecified atom stereocenters. The third kappa shape index (κ3) is 19.6. The van der Waals surface area contributed by atoms with Gasteiger partial charge in [0.1, 0.15) is 0 Å². The molecule has 0 aliphatic rings. The van der Waals surface area contributed by atoms with Crippen LogP contribution in [0, 0.1) is 0 Å². The van der Waals surface area contributed by atoms with Crippen molar-refractivity contribution < 1.29 is 19.2 Å². The molecule has 0 aliphatic heterocycles. The highest BCUT2D eigenvalue weighted by Crippen LogP contribution is 2.11. The number of carbonyl (C=O) groups is 1. The molecule has 0 rings (SSSR count). The fourth-order valence-electron chi connectivity index (χ4n) is 2.85. The lowest BCUT2D eigenvalue weighted by molar-refractivity contribution is -0.338. The number of halogens is 1. The molecule has 0 saturated heterocycles. The number of hydrogen-bond donors (Lipinski definition) is 0. The maximum absolute atomic E-state index is 11.9. The summed E-state index contributed by atoms with van der Waals surface area (Å²) in [6, 6.07) is 0. The van der Waals surface area contributed by atoms with Crippen LogP contribution >= 0.6 is 0 Å². The molecule has 0 aromatic rings. The van der Waals surface area contributed by atoms with E-state index in [2.05, 4.69) is 19.1 Å². The summed E-state index contributed by atoms with van der Waals surface area (Å²) >= 11 is 0. The summed E-state index contributed by atoms with van der Waals surface area (Å²) in [6.45, 7) is 6.85. The molecular formula is C22H44FNO3. The summed E-state index contributed by atoms with van der Waals surface area (Å²) in [5.41, 5.74) is 0. The van der Waals surface area contributed by atoms with Crippen molar-refractivity contribution >= 4 is 5.91 Å². The molecule has 0 aromatic carbocycles. The van der Waals surface area contributed by atoms with Gasteiger partial charge in [-0.15, -0.1) is 0 Å². The molecule has 0 aromatic heterocycles. The van der Waals surface area contributed by atoms with E-state index in [4.69, 9.17) is 9.68 Å². The topological polar surface area (TPSA) is 38.8 Å². The second-order valence-electron chi connectivity index (χ2n) is 6.82. The molecule has 0 aliphatic carbocycles. The van der Waals surface area contributed by atoms with E-state index in [9.17, 15) is 4.79 Å². The van der Waals surface area contributed by atoms with Crippen molar-refractivity contribution in [1.82, 2.24) is 5.23 Å². The van der Waals surface area contributed by atoms with Crippen molar-refractivity contribution in [3.8, 4) is 0 Å². The van der Waals surface area contributed by atoms with E-state index >= 15 is 0 Å². The van der Waals surface area contributed by atoms with Crippen molar-refractivity contribution in [2.75, 3.05) is 13.2 Å². The van der Waals surface area contributed by atoms with E-state index in [1.54, 1.807) is 0 Å². The van der Waals surface area contributed by atoms with Crippen LogP contribution < -0.4 is 0 Å². The van der Waals surface area contributed by atoms with Crippen LogP contribution in [0.15, 0.2) is 12.2 Å². The fourth-order valence-corrected chi connectivity index (χ4v) is 2.85. The van der Waals surface area contributed by atoms with Gasteiger partial charge in [0, 0.05) is 6.42 Å². The van der Waals surface area contributed by atoms with Crippen LogP contribution in [0.1, 0.15) is 111 Å². The van der Waals surface area contributed by atoms with Crippen molar-refractivity contribution in [2.45, 2.75) is 111 Å². The van der Waals surface area contributed by atoms with Gasteiger partial charge in [-0.05, 0) is 46.0 Å². The molecule has 0 saturated carbocycles. The Balaban J connectivity index is 0. The number of unbranched alkanes of at least 4 members (excludes halogenated alkanes) is 11. The molecular weight excluding hydrogens is 345 g/mol. The highest BCUT2D eigenvalue weighted by atomic mass is 19.0. The zero-order valence-corrected chi connectivity index (χ0v) is 18.0. The molecule has 0 bridgehead atoms. The Morgan fingerprint density at radius 3 is 1.63 bits per heavy atom. The standard InChI is InChI=1S/C22H43NO3.FH/c1-4-7-8-9-10-11-12-13-14-15-16-17-18-19-20-21-22(24)23(25-5-2)26-6-3;/h13-14H,4-12,15-21H2,1-3H3;1H/b14-13-;. The van der Waals surface area contributed by atoms with Crippen LogP contribution in [-0.4, -0.2) is 24.3 Å². The summed E-state index contributed by atoms with van der Waals surface area (Å²) in [6.07, 6.45) is 21.6. The quantitative estimate of drug-likeness (QED) is 0.137. The average Bonchev–Trinajstić information content (AvgIpc) is 2.64. The minimum Gasteiger partial charge on any atom is -0.270 e. The van der Waals surface area contributed by atoms with Crippen molar-refractivity contribution in [2.24, 2.45) is 0 Å². The van der Waals surface area contributed by atoms with E-state index in [1.165, 1.54) is 70.6 Å². The van der Waals surface area contributed by atoms with Gasteiger partial charge in [0.25, 0.3) is 5.91 Å². The first-order valence-corrected chi connectivity index (χ1v) is 11.0. The Hall–Kier alpha value is -0.940. The summed E-state index contributed by atoms with van der Waals surface area (Å²) < 4.78 is 0. The highest BCUT2D eigenvalue weighted by Gasteiger charge is 2.13. The molecule has 5 heteroatoms. The lowest BCUT2D eigenvalue weighted by Crippen LogP contribution is -2.31. The predicted molar refractivity (Wildman–Crippen MR) is 112 cm³/mol. The molecule has 0 heterocycles. The summed E-state index contributed by atoms with van der Waals surface area (Å²) in [5, 5.41) is 1.05. The van der Waals surface area contributed by atoms with Gasteiger partial charge < -0.3 is 0 Å². The van der Waals surface area contributed by atoms with E-state index < -0.39 is 0 Å². The Morgan fingerprint density at radius 2 is 1.15 bits per heavy atom. The average molecular weight is 390 g/mol. The van der Waals surface area contributed by atoms with Crippen LogP contribution in [0.3, 0.4) is 0 Å². The van der Waals surface area contributed by atoms with E-state index in [1.807, 2.05) is 13.8 Å². The first kappa shape index (κ1) is 28.3. The molecule has 1 amide bonds. The van der Waals surface area contributed by atoms with Crippen LogP contribution in [-0.2, 0) is 14.5 Å². The number of rotatable bonds is 19. The van der Waals surface area contributed by atoms with Crippen molar-refractivity contribution in [3.05, 3.63) is 12.2 Å². The van der Waals surface area contributed by atoms with Gasteiger partial charge in [-0.2, -0.15) is 0 Å². The molecule has 0 fully saturated rings. The molecule has 162 valence electrons. The maximum Gasteiger partial charge on any atom is 0.273 e. The summed E-state index contributed by atoms with van der Waals surface area (Å²) in [4.78, 5) is 22.3. The minimum atomic E-state index is -0.0775. The molecule has 0 radical (unpaired) electrons. The smallest absolute Gasteiger partial charge is 0.270 e. The number of hydrogen-bond acceptors (Lipinski definition) is 3. The van der Waals surface area contributed by atoms with Gasteiger partial charge in [0.2, 0.25) is 0 Å². The maximum atomic E-state index is 11.9. The van der Waals surface area contributed by atoms with Gasteiger partial charge >= 0.3 is 0 Å². The normalized spacial score (nSPS) is 10.9. The van der Waals surface area contributed by atoms with Gasteiger partial charge in [0.15, 0.2) is 0 Å². The van der Waals surface area contributed by atoms with E-state index in [0.29, 0.717) is 19.6 Å². The molecule has 0 N–H and O–H groups in total. The fraction of sp³-hybridized carbons (Fsp3) is 0.864. The van der Waals surface area contributed by atoms with Crippen LogP contribution in [0.2, 0.25) is 0 Å². The predicted octanol–water partition coefficient (Wildman–Crippen LogP) is 6.91. The first-order valence-electron chi connectivity index (χ1n) is 11.0. The number of amides is 1. The lowest BCUT2D eigenvalue weighted by Gasteiger charge is -2.18. The number of hydroxylamine groups is 2. The Bertz CT molecular complexity index is 332. The second-order valence-corrected chi connectivity index (χ2v) is 6.82. The third-order valence-electron chi connectivity index (χ3n) is 4.35. The Kier molecular flexibility index (Phi) is 24.2. The summed E-state index contributed by atoms with van der Waals surface area (Å²) in [5.74, 6) is -0.0775. The van der Waals surface area contributed by atoms with Gasteiger partial charge in [0.05, 0.1) is 13.2 Å². The van der Waals surface area contributed by atoms with Crippen molar-refractivity contribution in [3.63, 3.8) is 0 Å². The highest BCUT2D eigenvalue weighted by molar-refractivity contribution is 5.73. The monoisotopic (exact) mass is 389 g/mol. The van der Waals surface area contributed by atoms with Gasteiger partial charge in [-0.25, -0.2) is 9.68 Å². The summed E-state index contributed by atoms with van der Waals surface area (Å²) in [7, 11) is 0. The molecule has 4 nitrogen and oxygen atoms in total. The first-order chi connectivity index (χ1) is 12.8. The Morgan fingerprint density at radius 1 is 0.704 bits per heavy atom. The Labute approximate surface area is 166 Å². The zero-order valence-electron chi connectivity index (χ0n) is 18.0. The van der Waals surface area contributed by atoms with Gasteiger partial charge in [-0.3, -0.25) is 9.50 Å². The lowest BCUT2D eigenvalue weighted by atomic mass is 10.1. The minimum absolute atomic E-state index is 0. The SMILES string of the molecule is CCCCCCCC/C=C\CCCCCCCC(=O)N(OCC)OCC.F.